The number of nitrogens with one attached hydrogen (secondary N) is 2. The van der Waals surface area contributed by atoms with Crippen LogP contribution in [-0.4, -0.2) is 67.3 Å². The largest absolute Gasteiger partial charge is 0.480 e. The van der Waals surface area contributed by atoms with E-state index in [4.69, 9.17) is 9.84 Å². The molecule has 0 saturated carbocycles. The number of hydrogen-bond acceptors (Lipinski definition) is 4. The van der Waals surface area contributed by atoms with Gasteiger partial charge in [0.2, 0.25) is 5.91 Å². The normalized spacial score (nSPS) is 20.4. The first-order chi connectivity index (χ1) is 9.43. The van der Waals surface area contributed by atoms with Crippen LogP contribution in [0.2, 0.25) is 0 Å². The number of carboxylic acids is 1. The maximum Gasteiger partial charge on any atom is 0.326 e. The number of ether oxygens (including phenoxy) is 1. The van der Waals surface area contributed by atoms with Crippen LogP contribution in [0.3, 0.4) is 0 Å². The van der Waals surface area contributed by atoms with Crippen LogP contribution in [0.25, 0.3) is 0 Å². The number of carbonyl (C=O) groups excluding carboxylic acids is 2. The highest BCUT2D eigenvalue weighted by atomic mass is 16.5. The quantitative estimate of drug-likeness (QED) is 0.604. The fourth-order valence-corrected chi connectivity index (χ4v) is 2.01. The Balaban J connectivity index is 2.41. The molecule has 20 heavy (non-hydrogen) atoms. The minimum Gasteiger partial charge on any atom is -0.480 e. The smallest absolute Gasteiger partial charge is 0.326 e. The molecule has 1 aliphatic rings. The Bertz CT molecular complexity index is 374. The molecule has 8 heteroatoms. The summed E-state index contributed by atoms with van der Waals surface area (Å²) in [6.45, 7) is 0.681. The number of likely N-dealkylation sites (N-methyl/N-ethyl adjacent to an activating group) is 1. The molecule has 0 aromatic heterocycles. The third-order valence-electron chi connectivity index (χ3n) is 3.18. The Morgan fingerprint density at radius 1 is 1.55 bits per heavy atom. The van der Waals surface area contributed by atoms with Gasteiger partial charge in [-0.25, -0.2) is 9.59 Å². The van der Waals surface area contributed by atoms with Crippen LogP contribution in [0, 0.1) is 0 Å². The number of methoxy groups -OCH3 is 1. The highest BCUT2D eigenvalue weighted by Gasteiger charge is 2.25. The average Bonchev–Trinajstić information content (AvgIpc) is 2.38. The Labute approximate surface area is 117 Å². The summed E-state index contributed by atoms with van der Waals surface area (Å²) in [5.41, 5.74) is 0. The van der Waals surface area contributed by atoms with Crippen molar-refractivity contribution in [2.24, 2.45) is 0 Å². The third kappa shape index (κ3) is 5.04. The number of nitrogens with zero attached hydrogens (tertiary/aromatic N) is 1. The molecule has 1 heterocycles. The zero-order valence-electron chi connectivity index (χ0n) is 11.7. The number of rotatable bonds is 6. The number of aliphatic carboxylic acids is 1. The molecule has 2 atom stereocenters. The van der Waals surface area contributed by atoms with Gasteiger partial charge in [-0.1, -0.05) is 0 Å². The van der Waals surface area contributed by atoms with Gasteiger partial charge in [0.1, 0.15) is 6.04 Å². The lowest BCUT2D eigenvalue weighted by Crippen LogP contribution is -2.54. The first kappa shape index (κ1) is 16.2. The van der Waals surface area contributed by atoms with E-state index in [2.05, 4.69) is 10.6 Å². The summed E-state index contributed by atoms with van der Waals surface area (Å²) in [5.74, 6) is -1.06. The zero-order valence-corrected chi connectivity index (χ0v) is 11.7. The van der Waals surface area contributed by atoms with E-state index in [1.165, 1.54) is 7.11 Å². The van der Waals surface area contributed by atoms with E-state index < -0.39 is 18.0 Å². The molecule has 8 nitrogen and oxygen atoms in total. The fraction of sp³-hybridized carbons (Fsp3) is 0.750. The molecule has 0 bridgehead atoms. The summed E-state index contributed by atoms with van der Waals surface area (Å²) < 4.78 is 4.80. The van der Waals surface area contributed by atoms with E-state index in [9.17, 15) is 14.4 Å². The molecule has 2 unspecified atom stereocenters. The van der Waals surface area contributed by atoms with Gasteiger partial charge < -0.3 is 25.4 Å². The van der Waals surface area contributed by atoms with E-state index in [1.807, 2.05) is 0 Å². The van der Waals surface area contributed by atoms with Gasteiger partial charge >= 0.3 is 12.0 Å². The third-order valence-corrected chi connectivity index (χ3v) is 3.18. The molecule has 0 aromatic rings. The average molecular weight is 287 g/mol. The monoisotopic (exact) mass is 287 g/mol. The topological polar surface area (TPSA) is 108 Å². The first-order valence-electron chi connectivity index (χ1n) is 6.46. The highest BCUT2D eigenvalue weighted by Crippen LogP contribution is 2.09. The molecule has 0 aromatic carbocycles. The molecule has 0 spiro atoms. The van der Waals surface area contributed by atoms with Crippen molar-refractivity contribution in [1.29, 1.82) is 0 Å². The molecule has 0 radical (unpaired) electrons. The van der Waals surface area contributed by atoms with Gasteiger partial charge in [0.25, 0.3) is 0 Å². The minimum absolute atomic E-state index is 0.0481. The van der Waals surface area contributed by atoms with Crippen molar-refractivity contribution in [3.8, 4) is 0 Å². The maximum atomic E-state index is 11.7. The fourth-order valence-electron chi connectivity index (χ4n) is 2.01. The maximum absolute atomic E-state index is 11.7. The van der Waals surface area contributed by atoms with E-state index in [0.717, 1.165) is 0 Å². The summed E-state index contributed by atoms with van der Waals surface area (Å²) in [5, 5.41) is 14.1. The molecule has 1 rings (SSSR count). The standard InChI is InChI=1S/C12H21N3O5/c1-15-7-8(3-4-10(15)16)13-12(19)14-9(11(17)18)5-6-20-2/h8-9H,3-7H2,1-2H3,(H,17,18)(H2,13,14,19). The Kier molecular flexibility index (Phi) is 6.23. The molecule has 0 aliphatic carbocycles. The van der Waals surface area contributed by atoms with Crippen LogP contribution in [0.4, 0.5) is 4.79 Å². The molecule has 114 valence electrons. The van der Waals surface area contributed by atoms with Crippen LogP contribution in [0.5, 0.6) is 0 Å². The molecular weight excluding hydrogens is 266 g/mol. The second-order valence-corrected chi connectivity index (χ2v) is 4.80. The number of hydrogen-bond donors (Lipinski definition) is 3. The predicted octanol–water partition coefficient (Wildman–Crippen LogP) is -0.604. The summed E-state index contributed by atoms with van der Waals surface area (Å²) >= 11 is 0. The van der Waals surface area contributed by atoms with E-state index >= 15 is 0 Å². The predicted molar refractivity (Wildman–Crippen MR) is 70.2 cm³/mol. The lowest BCUT2D eigenvalue weighted by atomic mass is 10.1. The Morgan fingerprint density at radius 3 is 2.80 bits per heavy atom. The van der Waals surface area contributed by atoms with Gasteiger partial charge in [-0.2, -0.15) is 0 Å². The number of likely N-dealkylation sites (tertiary alicyclic amines) is 1. The second-order valence-electron chi connectivity index (χ2n) is 4.80. The van der Waals surface area contributed by atoms with E-state index in [1.54, 1.807) is 11.9 Å². The molecule has 1 fully saturated rings. The van der Waals surface area contributed by atoms with Gasteiger partial charge in [0.15, 0.2) is 0 Å². The van der Waals surface area contributed by atoms with Crippen molar-refractivity contribution in [2.75, 3.05) is 27.3 Å². The highest BCUT2D eigenvalue weighted by molar-refractivity contribution is 5.83. The zero-order chi connectivity index (χ0) is 15.1. The Hall–Kier alpha value is -1.83. The number of carbonyl (C=O) groups is 3. The van der Waals surface area contributed by atoms with Crippen molar-refractivity contribution in [1.82, 2.24) is 15.5 Å². The minimum atomic E-state index is -1.10. The molecule has 1 aliphatic heterocycles. The van der Waals surface area contributed by atoms with Crippen LogP contribution < -0.4 is 10.6 Å². The van der Waals surface area contributed by atoms with Gasteiger partial charge in [-0.15, -0.1) is 0 Å². The van der Waals surface area contributed by atoms with Gasteiger partial charge in [0, 0.05) is 46.2 Å². The van der Waals surface area contributed by atoms with Crippen molar-refractivity contribution < 1.29 is 24.2 Å². The molecule has 3 N–H and O–H groups in total. The van der Waals surface area contributed by atoms with Crippen LogP contribution in [0.15, 0.2) is 0 Å². The summed E-state index contributed by atoms with van der Waals surface area (Å²) in [6.07, 6.45) is 1.14. The van der Waals surface area contributed by atoms with Gasteiger partial charge in [0.05, 0.1) is 0 Å². The lowest BCUT2D eigenvalue weighted by Gasteiger charge is -2.30. The number of carboxylic acid groups (broad SMARTS) is 1. The van der Waals surface area contributed by atoms with Gasteiger partial charge in [-0.3, -0.25) is 4.79 Å². The van der Waals surface area contributed by atoms with Gasteiger partial charge in [-0.05, 0) is 6.42 Å². The number of amides is 3. The van der Waals surface area contributed by atoms with E-state index in [0.29, 0.717) is 19.4 Å². The number of urea groups is 1. The van der Waals surface area contributed by atoms with Crippen LogP contribution in [0.1, 0.15) is 19.3 Å². The van der Waals surface area contributed by atoms with Crippen molar-refractivity contribution in [2.45, 2.75) is 31.3 Å². The Morgan fingerprint density at radius 2 is 2.25 bits per heavy atom. The number of piperidine rings is 1. The van der Waals surface area contributed by atoms with Crippen LogP contribution >= 0.6 is 0 Å². The van der Waals surface area contributed by atoms with Crippen molar-refractivity contribution >= 4 is 17.9 Å². The molecule has 1 saturated heterocycles. The first-order valence-corrected chi connectivity index (χ1v) is 6.46. The van der Waals surface area contributed by atoms with Crippen molar-refractivity contribution in [3.63, 3.8) is 0 Å². The summed E-state index contributed by atoms with van der Waals surface area (Å²) in [6, 6.07) is -1.69. The van der Waals surface area contributed by atoms with E-state index in [-0.39, 0.29) is 25.0 Å². The lowest BCUT2D eigenvalue weighted by molar-refractivity contribution is -0.139. The second kappa shape index (κ2) is 7.68. The molecule has 3 amide bonds. The summed E-state index contributed by atoms with van der Waals surface area (Å²) in [4.78, 5) is 35.6. The van der Waals surface area contributed by atoms with Crippen LogP contribution in [-0.2, 0) is 14.3 Å². The SMILES string of the molecule is COCCC(NC(=O)NC1CCC(=O)N(C)C1)C(=O)O. The summed E-state index contributed by atoms with van der Waals surface area (Å²) in [7, 11) is 3.14. The van der Waals surface area contributed by atoms with Crippen molar-refractivity contribution in [3.05, 3.63) is 0 Å². The molecular formula is C12H21N3O5.